The number of nitro benzene ring substituents is 1. The van der Waals surface area contributed by atoms with Crippen LogP contribution in [0, 0.1) is 10.1 Å². The van der Waals surface area contributed by atoms with Crippen molar-refractivity contribution in [1.29, 1.82) is 0 Å². The highest BCUT2D eigenvalue weighted by Gasteiger charge is 2.38. The van der Waals surface area contributed by atoms with E-state index < -0.39 is 4.92 Å². The van der Waals surface area contributed by atoms with Gasteiger partial charge in [0.25, 0.3) is 0 Å². The molecule has 3 heterocycles. The van der Waals surface area contributed by atoms with Gasteiger partial charge in [-0.2, -0.15) is 0 Å². The number of phenols is 1. The van der Waals surface area contributed by atoms with Crippen LogP contribution in [-0.4, -0.2) is 24.9 Å². The predicted molar refractivity (Wildman–Crippen MR) is 77.3 cm³/mol. The third-order valence-electron chi connectivity index (χ3n) is 3.16. The highest BCUT2D eigenvalue weighted by Crippen LogP contribution is 2.51. The van der Waals surface area contributed by atoms with Crippen molar-refractivity contribution in [3.63, 3.8) is 0 Å². The molecule has 0 unspecified atom stereocenters. The number of hydrogen-bond donors (Lipinski definition) is 1. The van der Waals surface area contributed by atoms with Crippen LogP contribution in [-0.2, 0) is 0 Å². The fraction of sp³-hybridized carbons (Fsp3) is 0.0909. The number of aromatic nitrogens is 3. The van der Waals surface area contributed by atoms with Crippen molar-refractivity contribution in [3.05, 3.63) is 50.6 Å². The Bertz CT molecular complexity index is 790. The molecule has 4 rings (SSSR count). The lowest BCUT2D eigenvalue weighted by atomic mass is 10.2. The fourth-order valence-electron chi connectivity index (χ4n) is 2.23. The molecule has 21 heavy (non-hydrogen) atoms. The smallest absolute Gasteiger partial charge is 0.311 e. The molecule has 0 spiro atoms. The molecule has 8 nitrogen and oxygen atoms in total. The number of nitrogens with zero attached hydrogens (tertiary/aromatic N) is 5. The van der Waals surface area contributed by atoms with Crippen molar-refractivity contribution >= 4 is 29.2 Å². The van der Waals surface area contributed by atoms with Crippen LogP contribution in [0.1, 0.15) is 10.9 Å². The Balaban J connectivity index is 1.76. The molecule has 1 atom stereocenters. The Labute approximate surface area is 126 Å². The van der Waals surface area contributed by atoms with Crippen molar-refractivity contribution in [1.82, 2.24) is 14.9 Å². The van der Waals surface area contributed by atoms with Gasteiger partial charge in [0, 0.05) is 11.5 Å². The van der Waals surface area contributed by atoms with Crippen LogP contribution in [0.5, 0.6) is 5.75 Å². The molecule has 1 aromatic heterocycles. The van der Waals surface area contributed by atoms with Gasteiger partial charge in [-0.3, -0.25) is 15.1 Å². The second-order valence-corrected chi connectivity index (χ2v) is 6.30. The van der Waals surface area contributed by atoms with Gasteiger partial charge in [0.2, 0.25) is 5.16 Å². The Kier molecular flexibility index (Phi) is 2.62. The maximum Gasteiger partial charge on any atom is 0.311 e. The summed E-state index contributed by atoms with van der Waals surface area (Å²) in [5, 5.41) is 34.0. The third kappa shape index (κ3) is 1.79. The minimum absolute atomic E-state index is 0.149. The van der Waals surface area contributed by atoms with Crippen molar-refractivity contribution in [3.8, 4) is 5.75 Å². The minimum atomic E-state index is -0.588. The summed E-state index contributed by atoms with van der Waals surface area (Å²) in [6.07, 6.45) is 1.61. The Morgan fingerprint density at radius 2 is 2.29 bits per heavy atom. The molecular formula is C11H7N5O3S2. The van der Waals surface area contributed by atoms with Gasteiger partial charge >= 0.3 is 5.69 Å². The van der Waals surface area contributed by atoms with E-state index in [4.69, 9.17) is 0 Å². The molecule has 2 aromatic rings. The molecular weight excluding hydrogens is 314 g/mol. The van der Waals surface area contributed by atoms with Crippen molar-refractivity contribution in [2.75, 3.05) is 5.01 Å². The third-order valence-corrected chi connectivity index (χ3v) is 5.36. The lowest BCUT2D eigenvalue weighted by molar-refractivity contribution is -0.385. The lowest BCUT2D eigenvalue weighted by Gasteiger charge is -2.24. The van der Waals surface area contributed by atoms with Crippen LogP contribution in [0.25, 0.3) is 0 Å². The van der Waals surface area contributed by atoms with E-state index in [0.717, 1.165) is 15.7 Å². The molecule has 0 radical (unpaired) electrons. The van der Waals surface area contributed by atoms with Crippen LogP contribution in [0.4, 0.5) is 5.69 Å². The van der Waals surface area contributed by atoms with Gasteiger partial charge in [-0.1, -0.05) is 17.8 Å². The zero-order chi connectivity index (χ0) is 14.6. The van der Waals surface area contributed by atoms with E-state index in [0.29, 0.717) is 0 Å². The van der Waals surface area contributed by atoms with Crippen LogP contribution < -0.4 is 5.01 Å². The van der Waals surface area contributed by atoms with Crippen LogP contribution in [0.2, 0.25) is 0 Å². The summed E-state index contributed by atoms with van der Waals surface area (Å²) in [6.45, 7) is 0. The highest BCUT2D eigenvalue weighted by molar-refractivity contribution is 8.07. The quantitative estimate of drug-likeness (QED) is 0.664. The lowest BCUT2D eigenvalue weighted by Crippen LogP contribution is -2.28. The monoisotopic (exact) mass is 321 g/mol. The van der Waals surface area contributed by atoms with E-state index in [1.54, 1.807) is 24.2 Å². The second-order valence-electron chi connectivity index (χ2n) is 4.35. The standard InChI is InChI=1S/C11H7N5O3S2/c17-8-2-1-6(3-7(8)16(18)19)10-15-9(4-20-10)21-11-13-12-5-14(11)15/h1-5,10,17H/t10-/m1/s1. The second kappa shape index (κ2) is 4.40. The van der Waals surface area contributed by atoms with E-state index in [-0.39, 0.29) is 16.8 Å². The summed E-state index contributed by atoms with van der Waals surface area (Å²) in [4.78, 5) is 10.4. The Hall–Kier alpha value is -2.20. The number of phenolic OH excluding ortho intramolecular Hbond substituents is 1. The first kappa shape index (κ1) is 12.5. The van der Waals surface area contributed by atoms with Crippen molar-refractivity contribution < 1.29 is 10.0 Å². The average Bonchev–Trinajstić information content (AvgIpc) is 3.10. The zero-order valence-electron chi connectivity index (χ0n) is 10.3. The molecule has 1 N–H and O–H groups in total. The summed E-state index contributed by atoms with van der Waals surface area (Å²) < 4.78 is 1.82. The number of rotatable bonds is 2. The maximum atomic E-state index is 11.0. The molecule has 0 fully saturated rings. The van der Waals surface area contributed by atoms with Gasteiger partial charge in [0.1, 0.15) is 16.7 Å². The summed E-state index contributed by atoms with van der Waals surface area (Å²) >= 11 is 3.04. The Morgan fingerprint density at radius 3 is 3.10 bits per heavy atom. The van der Waals surface area contributed by atoms with Crippen molar-refractivity contribution in [2.24, 2.45) is 0 Å². The fourth-order valence-corrected chi connectivity index (χ4v) is 4.43. The molecule has 0 aliphatic carbocycles. The molecule has 2 aliphatic heterocycles. The molecule has 0 bridgehead atoms. The maximum absolute atomic E-state index is 11.0. The summed E-state index contributed by atoms with van der Waals surface area (Å²) in [7, 11) is 0. The van der Waals surface area contributed by atoms with E-state index in [1.165, 1.54) is 23.9 Å². The molecule has 0 amide bonds. The Morgan fingerprint density at radius 1 is 1.43 bits per heavy atom. The number of hydrogen-bond acceptors (Lipinski definition) is 8. The van der Waals surface area contributed by atoms with Gasteiger partial charge in [0.15, 0.2) is 5.75 Å². The molecule has 0 saturated heterocycles. The van der Waals surface area contributed by atoms with Gasteiger partial charge in [-0.25, -0.2) is 4.68 Å². The number of nitro groups is 1. The first-order chi connectivity index (χ1) is 10.1. The van der Waals surface area contributed by atoms with Crippen LogP contribution in [0.3, 0.4) is 0 Å². The molecule has 10 heteroatoms. The first-order valence-corrected chi connectivity index (χ1v) is 7.61. The molecule has 106 valence electrons. The number of fused-ring (bicyclic) bond motifs is 3. The van der Waals surface area contributed by atoms with E-state index in [2.05, 4.69) is 10.2 Å². The van der Waals surface area contributed by atoms with Gasteiger partial charge in [-0.05, 0) is 23.4 Å². The summed E-state index contributed by atoms with van der Waals surface area (Å²) in [5.74, 6) is -0.333. The first-order valence-electron chi connectivity index (χ1n) is 5.85. The topological polar surface area (TPSA) is 97.3 Å². The molecule has 1 aromatic carbocycles. The SMILES string of the molecule is O=[N+]([O-])c1cc([C@H]2SC=C3Sc4nncn4N32)ccc1O. The molecule has 0 saturated carbocycles. The highest BCUT2D eigenvalue weighted by atomic mass is 32.2. The largest absolute Gasteiger partial charge is 0.502 e. The summed E-state index contributed by atoms with van der Waals surface area (Å²) in [6, 6.07) is 4.43. The number of benzene rings is 1. The van der Waals surface area contributed by atoms with E-state index in [9.17, 15) is 15.2 Å². The van der Waals surface area contributed by atoms with E-state index >= 15 is 0 Å². The van der Waals surface area contributed by atoms with Gasteiger partial charge in [0.05, 0.1) is 4.92 Å². The average molecular weight is 321 g/mol. The van der Waals surface area contributed by atoms with Crippen molar-refractivity contribution in [2.45, 2.75) is 10.5 Å². The minimum Gasteiger partial charge on any atom is -0.502 e. The summed E-state index contributed by atoms with van der Waals surface area (Å²) in [5.41, 5.74) is 0.440. The van der Waals surface area contributed by atoms with Crippen LogP contribution >= 0.6 is 23.5 Å². The van der Waals surface area contributed by atoms with E-state index in [1.807, 2.05) is 15.1 Å². The van der Waals surface area contributed by atoms with Gasteiger partial charge < -0.3 is 5.11 Å². The number of thioether (sulfide) groups is 2. The molecule has 2 aliphatic rings. The number of aromatic hydroxyl groups is 1. The zero-order valence-corrected chi connectivity index (χ0v) is 11.9. The predicted octanol–water partition coefficient (Wildman–Crippen LogP) is 2.18. The van der Waals surface area contributed by atoms with Gasteiger partial charge in [-0.15, -0.1) is 10.2 Å². The normalized spacial score (nSPS) is 19.3. The van der Waals surface area contributed by atoms with Crippen LogP contribution in [0.15, 0.2) is 40.1 Å².